The summed E-state index contributed by atoms with van der Waals surface area (Å²) in [5.41, 5.74) is -1.13. The van der Waals surface area contributed by atoms with Crippen molar-refractivity contribution in [2.45, 2.75) is 69.3 Å². The summed E-state index contributed by atoms with van der Waals surface area (Å²) < 4.78 is 134. The van der Waals surface area contributed by atoms with Crippen molar-refractivity contribution in [3.05, 3.63) is 34.5 Å². The SMILES string of the molecule is CCc1nc(C(=O)NC[C@@H]2CC[C@@H](S(C)(=O)=O)C[C@H]2O)c(Cl)n1-c1ncc(CC(C(F)(F)F)C(F)(F)F)cc1OC(F)F. The van der Waals surface area contributed by atoms with E-state index in [0.717, 1.165) is 10.8 Å². The van der Waals surface area contributed by atoms with Gasteiger partial charge in [-0.25, -0.2) is 18.4 Å². The summed E-state index contributed by atoms with van der Waals surface area (Å²) in [6.07, 6.45) is -11.8. The Bertz CT molecular complexity index is 1400. The average molecular weight is 671 g/mol. The molecule has 2 aromatic heterocycles. The van der Waals surface area contributed by atoms with Gasteiger partial charge in [0.1, 0.15) is 20.8 Å². The van der Waals surface area contributed by atoms with Crippen LogP contribution in [0, 0.1) is 11.8 Å². The Kier molecular flexibility index (Phi) is 10.6. The van der Waals surface area contributed by atoms with E-state index in [-0.39, 0.29) is 38.1 Å². The van der Waals surface area contributed by atoms with Crippen LogP contribution in [0.3, 0.4) is 0 Å². The molecular weight excluding hydrogens is 644 g/mol. The van der Waals surface area contributed by atoms with Crippen LogP contribution in [0.5, 0.6) is 5.75 Å². The van der Waals surface area contributed by atoms with E-state index in [1.807, 2.05) is 0 Å². The number of hydrogen-bond donors (Lipinski definition) is 2. The van der Waals surface area contributed by atoms with Gasteiger partial charge in [0.15, 0.2) is 23.2 Å². The number of pyridine rings is 1. The van der Waals surface area contributed by atoms with E-state index in [0.29, 0.717) is 12.3 Å². The fraction of sp³-hybridized carbons (Fsp3) is 0.625. The lowest BCUT2D eigenvalue weighted by Crippen LogP contribution is -2.41. The average Bonchev–Trinajstić information content (AvgIpc) is 3.20. The second-order valence-corrected chi connectivity index (χ2v) is 12.7. The van der Waals surface area contributed by atoms with Crippen LogP contribution in [-0.2, 0) is 22.7 Å². The third-order valence-electron chi connectivity index (χ3n) is 7.01. The number of nitrogens with zero attached hydrogens (tertiary/aromatic N) is 3. The summed E-state index contributed by atoms with van der Waals surface area (Å²) in [5, 5.41) is 11.7. The first-order valence-corrected chi connectivity index (χ1v) is 15.1. The highest BCUT2D eigenvalue weighted by Gasteiger charge is 2.56. The number of ether oxygens (including phenoxy) is 1. The fourth-order valence-electron chi connectivity index (χ4n) is 4.74. The number of halogens is 9. The lowest BCUT2D eigenvalue weighted by Gasteiger charge is -2.32. The summed E-state index contributed by atoms with van der Waals surface area (Å²) in [6.45, 7) is -2.11. The first kappa shape index (κ1) is 34.8. The Hall–Kier alpha value is -2.73. The predicted octanol–water partition coefficient (Wildman–Crippen LogP) is 4.67. The molecule has 1 amide bonds. The van der Waals surface area contributed by atoms with Crippen LogP contribution in [0.15, 0.2) is 12.3 Å². The van der Waals surface area contributed by atoms with E-state index >= 15 is 0 Å². The van der Waals surface area contributed by atoms with Gasteiger partial charge in [0.2, 0.25) is 0 Å². The van der Waals surface area contributed by atoms with Gasteiger partial charge in [-0.05, 0) is 37.3 Å². The Morgan fingerprint density at radius 1 is 1.21 bits per heavy atom. The number of rotatable bonds is 10. The zero-order valence-corrected chi connectivity index (χ0v) is 24.1. The molecule has 1 aliphatic rings. The number of nitrogens with one attached hydrogen (secondary N) is 1. The molecule has 0 aromatic carbocycles. The van der Waals surface area contributed by atoms with Gasteiger partial charge in [-0.1, -0.05) is 18.5 Å². The molecule has 1 aliphatic carbocycles. The quantitative estimate of drug-likeness (QED) is 0.352. The summed E-state index contributed by atoms with van der Waals surface area (Å²) in [6, 6.07) is 0.544. The number of aliphatic hydroxyl groups is 1. The number of alkyl halides is 8. The maximum Gasteiger partial charge on any atom is 0.400 e. The molecule has 0 aliphatic heterocycles. The molecule has 9 nitrogen and oxygen atoms in total. The molecular formula is C24H27ClF8N4O5S. The Balaban J connectivity index is 1.90. The summed E-state index contributed by atoms with van der Waals surface area (Å²) in [4.78, 5) is 20.8. The topological polar surface area (TPSA) is 123 Å². The van der Waals surface area contributed by atoms with E-state index in [1.54, 1.807) is 0 Å². The maximum atomic E-state index is 13.2. The molecule has 0 bridgehead atoms. The summed E-state index contributed by atoms with van der Waals surface area (Å²) >= 11 is 6.35. The number of sulfone groups is 1. The van der Waals surface area contributed by atoms with Gasteiger partial charge in [-0.3, -0.25) is 9.36 Å². The number of aryl methyl sites for hydroxylation is 1. The van der Waals surface area contributed by atoms with Gasteiger partial charge in [-0.15, -0.1) is 0 Å². The Labute approximate surface area is 245 Å². The molecule has 3 atom stereocenters. The highest BCUT2D eigenvalue weighted by Crippen LogP contribution is 2.42. The number of carbonyl (C=O) groups excluding carboxylic acids is 1. The molecule has 0 unspecified atom stereocenters. The maximum absolute atomic E-state index is 13.2. The zero-order valence-electron chi connectivity index (χ0n) is 22.5. The van der Waals surface area contributed by atoms with E-state index in [4.69, 9.17) is 11.6 Å². The van der Waals surface area contributed by atoms with Gasteiger partial charge in [0.25, 0.3) is 5.91 Å². The number of carbonyl (C=O) groups is 1. The number of hydrogen-bond acceptors (Lipinski definition) is 7. The van der Waals surface area contributed by atoms with Crippen LogP contribution in [0.1, 0.15) is 48.1 Å². The molecule has 19 heteroatoms. The van der Waals surface area contributed by atoms with Gasteiger partial charge in [0, 0.05) is 31.3 Å². The normalized spacial score (nSPS) is 20.1. The van der Waals surface area contributed by atoms with E-state index in [1.165, 1.54) is 6.92 Å². The fourth-order valence-corrected chi connectivity index (χ4v) is 6.16. The largest absolute Gasteiger partial charge is 0.431 e. The Morgan fingerprint density at radius 2 is 1.84 bits per heavy atom. The number of amides is 1. The smallest absolute Gasteiger partial charge is 0.400 e. The highest BCUT2D eigenvalue weighted by atomic mass is 35.5. The first-order chi connectivity index (χ1) is 19.7. The molecule has 242 valence electrons. The minimum absolute atomic E-state index is 0.0169. The third kappa shape index (κ3) is 8.47. The van der Waals surface area contributed by atoms with Crippen LogP contribution in [0.25, 0.3) is 5.82 Å². The second kappa shape index (κ2) is 13.1. The number of aromatic nitrogens is 3. The molecule has 3 rings (SSSR count). The van der Waals surface area contributed by atoms with Crippen molar-refractivity contribution in [3.8, 4) is 11.6 Å². The van der Waals surface area contributed by atoms with Crippen molar-refractivity contribution >= 4 is 27.3 Å². The van der Waals surface area contributed by atoms with Gasteiger partial charge in [-0.2, -0.15) is 35.1 Å². The summed E-state index contributed by atoms with van der Waals surface area (Å²) in [5.74, 6) is -6.67. The molecule has 1 fully saturated rings. The van der Waals surface area contributed by atoms with Crippen molar-refractivity contribution in [2.24, 2.45) is 11.8 Å². The molecule has 0 saturated heterocycles. The standard InChI is InChI=1S/C24H27ClF8N4O5S/c1-3-17-36-18(21(39)35-10-12-4-5-13(8-14(12)38)43(2,40)41)19(25)37(17)20-15(42-22(26)27)6-11(9-34-20)7-16(23(28,29)30)24(31,32)33/h6,9,12-14,16,22,38H,3-5,7-8,10H2,1-2H3,(H,35,39)/t12-,13+,14+/m0/s1. The van der Waals surface area contributed by atoms with E-state index in [2.05, 4.69) is 20.0 Å². The second-order valence-electron chi connectivity index (χ2n) is 10.0. The highest BCUT2D eigenvalue weighted by molar-refractivity contribution is 7.91. The van der Waals surface area contributed by atoms with Gasteiger partial charge >= 0.3 is 19.0 Å². The first-order valence-electron chi connectivity index (χ1n) is 12.7. The van der Waals surface area contributed by atoms with Gasteiger partial charge < -0.3 is 15.2 Å². The van der Waals surface area contributed by atoms with Crippen LogP contribution in [-0.4, -0.2) is 77.1 Å². The van der Waals surface area contributed by atoms with Crippen molar-refractivity contribution < 1.29 is 58.2 Å². The van der Waals surface area contributed by atoms with Crippen molar-refractivity contribution in [1.82, 2.24) is 19.9 Å². The van der Waals surface area contributed by atoms with Crippen LogP contribution in [0.2, 0.25) is 5.15 Å². The molecule has 2 N–H and O–H groups in total. The lowest BCUT2D eigenvalue weighted by molar-refractivity contribution is -0.283. The molecule has 0 spiro atoms. The predicted molar refractivity (Wildman–Crippen MR) is 136 cm³/mol. The van der Waals surface area contributed by atoms with Crippen LogP contribution < -0.4 is 10.1 Å². The molecule has 2 heterocycles. The van der Waals surface area contributed by atoms with Gasteiger partial charge in [0.05, 0.1) is 11.4 Å². The van der Waals surface area contributed by atoms with E-state index in [9.17, 15) is 53.4 Å². The molecule has 43 heavy (non-hydrogen) atoms. The molecule has 2 aromatic rings. The van der Waals surface area contributed by atoms with Crippen molar-refractivity contribution in [3.63, 3.8) is 0 Å². The number of aliphatic hydroxyl groups excluding tert-OH is 1. The molecule has 0 radical (unpaired) electrons. The van der Waals surface area contributed by atoms with Crippen molar-refractivity contribution in [2.75, 3.05) is 12.8 Å². The monoisotopic (exact) mass is 670 g/mol. The molecule has 1 saturated carbocycles. The number of imidazole rings is 1. The zero-order chi connectivity index (χ0) is 32.5. The minimum Gasteiger partial charge on any atom is -0.431 e. The minimum atomic E-state index is -5.69. The van der Waals surface area contributed by atoms with Crippen LogP contribution >= 0.6 is 11.6 Å². The lowest BCUT2D eigenvalue weighted by atomic mass is 9.86. The summed E-state index contributed by atoms with van der Waals surface area (Å²) in [7, 11) is -3.37. The van der Waals surface area contributed by atoms with E-state index < -0.39 is 92.3 Å². The third-order valence-corrected chi connectivity index (χ3v) is 8.99. The Morgan fingerprint density at radius 3 is 2.35 bits per heavy atom. The van der Waals surface area contributed by atoms with Crippen molar-refractivity contribution in [1.29, 1.82) is 0 Å². The van der Waals surface area contributed by atoms with Crippen LogP contribution in [0.4, 0.5) is 35.1 Å².